The Morgan fingerprint density at radius 2 is 2.38 bits per heavy atom. The van der Waals surface area contributed by atoms with Crippen molar-refractivity contribution in [3.8, 4) is 0 Å². The average Bonchev–Trinajstić information content (AvgIpc) is 2.61. The van der Waals surface area contributed by atoms with Crippen molar-refractivity contribution in [3.05, 3.63) is 12.2 Å². The van der Waals surface area contributed by atoms with Crippen LogP contribution in [-0.2, 0) is 23.1 Å². The van der Waals surface area contributed by atoms with Crippen LogP contribution in [0.3, 0.4) is 0 Å². The lowest BCUT2D eigenvalue weighted by Gasteiger charge is -2.15. The third kappa shape index (κ3) is 3.21. The van der Waals surface area contributed by atoms with E-state index in [0.717, 1.165) is 0 Å². The molecule has 0 saturated heterocycles. The fraction of sp³-hybridized carbons (Fsp3) is 0.714. The summed E-state index contributed by atoms with van der Waals surface area (Å²) < 4.78 is 38.0. The summed E-state index contributed by atoms with van der Waals surface area (Å²) in [7, 11) is -0.583. The van der Waals surface area contributed by atoms with E-state index in [0.29, 0.717) is 0 Å². The highest BCUT2D eigenvalue weighted by Crippen LogP contribution is 2.46. The van der Waals surface area contributed by atoms with E-state index >= 15 is 0 Å². The van der Waals surface area contributed by atoms with Gasteiger partial charge >= 0.3 is 7.60 Å². The van der Waals surface area contributed by atoms with Crippen molar-refractivity contribution >= 4 is 7.60 Å². The van der Waals surface area contributed by atoms with Crippen molar-refractivity contribution in [2.75, 3.05) is 27.2 Å². The lowest BCUT2D eigenvalue weighted by atomic mass is 10.6. The van der Waals surface area contributed by atoms with Gasteiger partial charge in [0.1, 0.15) is 0 Å². The van der Waals surface area contributed by atoms with E-state index < -0.39 is 20.5 Å². The number of hydrogen-bond donors (Lipinski definition) is 0. The number of hydrogen-bond acceptors (Lipinski definition) is 5. The first-order chi connectivity index (χ1) is 6.59. The van der Waals surface area contributed by atoms with Gasteiger partial charge in [-0.15, -0.1) is 0 Å². The molecule has 0 aromatic rings. The predicted octanol–water partition coefficient (Wildman–Crippen LogP) is 1.36. The molecule has 0 spiro atoms. The second-order valence-electron chi connectivity index (χ2n) is 2.30. The van der Waals surface area contributed by atoms with Crippen LogP contribution in [0.2, 0.25) is 0 Å². The lowest BCUT2D eigenvalue weighted by Crippen LogP contribution is -2.12. The quantitative estimate of drug-likeness (QED) is 0.506. The van der Waals surface area contributed by atoms with Crippen molar-refractivity contribution in [1.82, 2.24) is 0 Å². The van der Waals surface area contributed by atoms with Crippen molar-refractivity contribution in [2.45, 2.75) is 6.29 Å². The van der Waals surface area contributed by atoms with Gasteiger partial charge in [0, 0.05) is 14.2 Å². The van der Waals surface area contributed by atoms with E-state index in [1.165, 1.54) is 20.3 Å². The molecule has 13 heavy (non-hydrogen) atoms. The SMILES string of the molecule is [3H][C@H]1C=C[C@@H](OCP(=O)(OC)OC)O1. The number of ether oxygens (including phenoxy) is 2. The van der Waals surface area contributed by atoms with E-state index in [1.807, 2.05) is 0 Å². The summed E-state index contributed by atoms with van der Waals surface area (Å²) in [4.78, 5) is 0. The van der Waals surface area contributed by atoms with Gasteiger partial charge in [-0.05, 0) is 6.08 Å². The zero-order valence-electron chi connectivity index (χ0n) is 8.50. The topological polar surface area (TPSA) is 54.0 Å². The van der Waals surface area contributed by atoms with Crippen molar-refractivity contribution < 1.29 is 24.5 Å². The Kier molecular flexibility index (Phi) is 3.52. The summed E-state index contributed by atoms with van der Waals surface area (Å²) in [5, 5.41) is 0. The molecule has 0 aromatic carbocycles. The molecule has 5 nitrogen and oxygen atoms in total. The zero-order valence-corrected chi connectivity index (χ0v) is 8.40. The Balaban J connectivity index is 2.33. The Labute approximate surface area is 78.6 Å². The van der Waals surface area contributed by atoms with Gasteiger partial charge in [-0.1, -0.05) is 6.08 Å². The summed E-state index contributed by atoms with van der Waals surface area (Å²) in [6.07, 6.45) is 2.28. The van der Waals surface area contributed by atoms with E-state index in [1.54, 1.807) is 6.08 Å². The third-order valence-electron chi connectivity index (χ3n) is 1.51. The monoisotopic (exact) mass is 210 g/mol. The van der Waals surface area contributed by atoms with Gasteiger partial charge in [-0.2, -0.15) is 0 Å². The highest BCUT2D eigenvalue weighted by molar-refractivity contribution is 7.53. The highest BCUT2D eigenvalue weighted by Gasteiger charge is 2.23. The molecule has 6 heteroatoms. The van der Waals surface area contributed by atoms with E-state index in [9.17, 15) is 4.57 Å². The van der Waals surface area contributed by atoms with Crippen LogP contribution in [0, 0.1) is 0 Å². The van der Waals surface area contributed by atoms with E-state index in [4.69, 9.17) is 10.8 Å². The maximum Gasteiger partial charge on any atom is 0.355 e. The molecule has 0 saturated carbocycles. The molecule has 0 N–H and O–H groups in total. The maximum atomic E-state index is 11.5. The Hall–Kier alpha value is -0.190. The first-order valence-electron chi connectivity index (χ1n) is 4.25. The first kappa shape index (κ1) is 9.37. The zero-order chi connectivity index (χ0) is 10.6. The van der Waals surface area contributed by atoms with Crippen LogP contribution in [0.4, 0.5) is 0 Å². The standard InChI is InChI=1S/C7H13O5P/c1-9-13(8,10-2)6-12-7-4-3-5-11-7/h3-4,7H,5-6H2,1-2H3/t7-/m1/s1/i5T/t5-,7+/m0. The fourth-order valence-corrected chi connectivity index (χ4v) is 1.43. The summed E-state index contributed by atoms with van der Waals surface area (Å²) >= 11 is 0. The summed E-state index contributed by atoms with van der Waals surface area (Å²) in [6.45, 7) is -0.718. The van der Waals surface area contributed by atoms with Gasteiger partial charge in [0.15, 0.2) is 12.6 Å². The summed E-state index contributed by atoms with van der Waals surface area (Å²) in [5.41, 5.74) is 0. The molecule has 1 aliphatic rings. The normalized spacial score (nSPS) is 29.2. The largest absolute Gasteiger partial charge is 0.355 e. The van der Waals surface area contributed by atoms with Crippen LogP contribution in [0.1, 0.15) is 1.37 Å². The van der Waals surface area contributed by atoms with Crippen molar-refractivity contribution in [2.24, 2.45) is 0 Å². The molecular formula is C7H13O5P. The van der Waals surface area contributed by atoms with Gasteiger partial charge in [0.25, 0.3) is 0 Å². The molecule has 0 aromatic heterocycles. The van der Waals surface area contributed by atoms with Gasteiger partial charge < -0.3 is 18.5 Å². The van der Waals surface area contributed by atoms with Crippen LogP contribution in [0.25, 0.3) is 0 Å². The Morgan fingerprint density at radius 1 is 1.69 bits per heavy atom. The van der Waals surface area contributed by atoms with Crippen LogP contribution >= 0.6 is 7.60 Å². The second kappa shape index (κ2) is 4.88. The molecule has 76 valence electrons. The molecule has 0 amide bonds. The molecule has 1 aliphatic heterocycles. The maximum absolute atomic E-state index is 11.5. The molecule has 0 bridgehead atoms. The van der Waals surface area contributed by atoms with Crippen molar-refractivity contribution in [3.63, 3.8) is 0 Å². The smallest absolute Gasteiger partial charge is 0.345 e. The molecular weight excluding hydrogens is 195 g/mol. The van der Waals surface area contributed by atoms with Gasteiger partial charge in [-0.3, -0.25) is 4.57 Å². The molecule has 0 radical (unpaired) electrons. The average molecular weight is 210 g/mol. The third-order valence-corrected chi connectivity index (χ3v) is 3.09. The summed E-state index contributed by atoms with van der Waals surface area (Å²) in [5.74, 6) is 0. The van der Waals surface area contributed by atoms with Crippen molar-refractivity contribution in [1.29, 1.82) is 0 Å². The van der Waals surface area contributed by atoms with Crippen LogP contribution < -0.4 is 0 Å². The van der Waals surface area contributed by atoms with Gasteiger partial charge in [0.05, 0.1) is 7.95 Å². The molecule has 2 atom stereocenters. The molecule has 1 heterocycles. The molecule has 0 fully saturated rings. The molecule has 0 aliphatic carbocycles. The van der Waals surface area contributed by atoms with Gasteiger partial charge in [0.2, 0.25) is 0 Å². The molecule has 1 rings (SSSR count). The fourth-order valence-electron chi connectivity index (χ4n) is 0.744. The highest BCUT2D eigenvalue weighted by atomic mass is 31.2. The Morgan fingerprint density at radius 3 is 2.85 bits per heavy atom. The van der Waals surface area contributed by atoms with E-state index in [2.05, 4.69) is 9.05 Å². The van der Waals surface area contributed by atoms with Crippen LogP contribution in [0.15, 0.2) is 12.2 Å². The molecule has 0 unspecified atom stereocenters. The van der Waals surface area contributed by atoms with Crippen LogP contribution in [-0.4, -0.2) is 33.4 Å². The second-order valence-corrected chi connectivity index (χ2v) is 4.51. The lowest BCUT2D eigenvalue weighted by molar-refractivity contribution is -0.0803. The minimum atomic E-state index is -3.15. The minimum absolute atomic E-state index is 0.193. The van der Waals surface area contributed by atoms with Gasteiger partial charge in [-0.25, -0.2) is 0 Å². The minimum Gasteiger partial charge on any atom is -0.345 e. The summed E-state index contributed by atoms with van der Waals surface area (Å²) in [6, 6.07) is 0. The van der Waals surface area contributed by atoms with Crippen LogP contribution in [0.5, 0.6) is 0 Å². The Bertz CT molecular complexity index is 248. The predicted molar refractivity (Wildman–Crippen MR) is 46.5 cm³/mol. The van der Waals surface area contributed by atoms with E-state index in [-0.39, 0.29) is 6.35 Å². The first-order valence-corrected chi connectivity index (χ1v) is 5.40. The number of rotatable bonds is 5.